The predicted octanol–water partition coefficient (Wildman–Crippen LogP) is 10.4. The minimum absolute atomic E-state index is 0.0231. The largest absolute Gasteiger partial charge is 0.507 e. The van der Waals surface area contributed by atoms with Gasteiger partial charge in [-0.15, -0.1) is 30.6 Å². The number of phenols is 4. The van der Waals surface area contributed by atoms with Crippen molar-refractivity contribution >= 4 is 182 Å². The molecule has 8 heterocycles. The number of hydrogen-bond acceptors (Lipinski definition) is 33. The van der Waals surface area contributed by atoms with Crippen molar-refractivity contribution in [3.63, 3.8) is 0 Å². The van der Waals surface area contributed by atoms with Crippen molar-refractivity contribution in [2.45, 2.75) is 25.6 Å². The highest BCUT2D eigenvalue weighted by Gasteiger charge is 2.10. The molecule has 13 N–H and O–H groups in total. The van der Waals surface area contributed by atoms with Gasteiger partial charge in [-0.1, -0.05) is 107 Å². The van der Waals surface area contributed by atoms with E-state index in [2.05, 4.69) is 228 Å². The first-order valence-electron chi connectivity index (χ1n) is 30.0. The first kappa shape index (κ1) is 82.4. The lowest BCUT2D eigenvalue weighted by Gasteiger charge is -2.08. The third-order valence-corrected chi connectivity index (χ3v) is 15.0. The number of hydrazone groups is 6. The number of aliphatic imine (C=N–C) groups is 2. The van der Waals surface area contributed by atoms with Gasteiger partial charge in [-0.2, -0.15) is 30.6 Å². The smallest absolute Gasteiger partial charge is 0.274 e. The molecule has 0 radical (unpaired) electrons. The number of para-hydroxylation sites is 2. The molecule has 12 rings (SSSR count). The van der Waals surface area contributed by atoms with Crippen molar-refractivity contribution in [2.24, 2.45) is 40.6 Å². The second kappa shape index (κ2) is 44.0. The Hall–Kier alpha value is -11.9. The normalized spacial score (nSPS) is 12.1. The van der Waals surface area contributed by atoms with E-state index >= 15 is 0 Å². The third kappa shape index (κ3) is 30.0. The van der Waals surface area contributed by atoms with Gasteiger partial charge in [0.25, 0.3) is 16.7 Å². The lowest BCUT2D eigenvalue weighted by molar-refractivity contribution is 0.474. The number of pyridine rings is 2. The number of nitrogens with zero attached hydrogens (tertiary/aromatic N) is 20. The summed E-state index contributed by atoms with van der Waals surface area (Å²) in [5, 5.41) is 84.4. The summed E-state index contributed by atoms with van der Waals surface area (Å²) in [6, 6.07) is 31.2. The number of guanidine groups is 1. The van der Waals surface area contributed by atoms with Crippen LogP contribution >= 0.6 is 103 Å². The zero-order valence-electron chi connectivity index (χ0n) is 55.3. The van der Waals surface area contributed by atoms with Crippen LogP contribution in [0.2, 0.25) is 10.0 Å². The molecule has 0 bridgehead atoms. The van der Waals surface area contributed by atoms with Gasteiger partial charge in [-0.25, -0.2) is 62.5 Å². The van der Waals surface area contributed by atoms with Crippen molar-refractivity contribution in [2.75, 3.05) is 33.7 Å². The average Bonchev–Trinajstić information content (AvgIpc) is 0.861. The molecule has 1 aliphatic heterocycles. The molecule has 107 heavy (non-hydrogen) atoms. The fourth-order valence-corrected chi connectivity index (χ4v) is 9.32. The van der Waals surface area contributed by atoms with Crippen LogP contribution < -0.4 is 49.2 Å². The van der Waals surface area contributed by atoms with Crippen LogP contribution in [0.3, 0.4) is 0 Å². The predicted molar refractivity (Wildman–Crippen MR) is 428 cm³/mol. The number of benzene rings is 4. The van der Waals surface area contributed by atoms with Crippen LogP contribution in [0.15, 0.2) is 219 Å². The van der Waals surface area contributed by atoms with Crippen LogP contribution in [-0.2, 0) is 0 Å². The number of aromatic nitrogens is 15. The number of nitrogens with one attached hydrogen (secondary N) is 9. The fraction of sp³-hybridized carbons (Fsp3) is 0.0781. The number of aryl methyl sites for hydroxylation is 3. The highest BCUT2D eigenvalue weighted by molar-refractivity contribution is 9.11. The first-order chi connectivity index (χ1) is 51.5. The van der Waals surface area contributed by atoms with Crippen LogP contribution in [0.25, 0.3) is 0 Å². The van der Waals surface area contributed by atoms with Gasteiger partial charge in [0, 0.05) is 74.6 Å². The maximum atomic E-state index is 11.3. The topological polar surface area (TPSA) is 505 Å². The number of aromatic amines is 3. The van der Waals surface area contributed by atoms with Gasteiger partial charge in [0.1, 0.15) is 40.1 Å². The average molecular weight is 1810 g/mol. The Morgan fingerprint density at radius 2 is 0.794 bits per heavy atom. The maximum Gasteiger partial charge on any atom is 0.274 e. The second-order valence-electron chi connectivity index (χ2n) is 20.2. The molecule has 43 heteroatoms. The monoisotopic (exact) mass is 1810 g/mol. The van der Waals surface area contributed by atoms with Gasteiger partial charge in [0.05, 0.1) is 79.0 Å². The van der Waals surface area contributed by atoms with Crippen molar-refractivity contribution in [3.8, 4) is 23.0 Å². The quantitative estimate of drug-likeness (QED) is 0.0229. The number of rotatable bonds is 17. The summed E-state index contributed by atoms with van der Waals surface area (Å²) in [5.41, 5.74) is 19.0. The molecule has 0 fully saturated rings. The molecule has 1 atom stereocenters. The third-order valence-electron chi connectivity index (χ3n) is 12.2. The number of halogens is 7. The standard InChI is InChI=1S/C11H9Br2ClN4O.C11H9BrClN5O2.C11H9BrN4O.C11H11N5O2.C10H8BrN5.C10H10N6O/c12-7-1-6(10(19)9(14)2-7)3-17-18-11-15-4-8(13)5-16-11;1-5-10(20)15-11(18-16-5)17-14-4-6-2-7(12)3-8(13)9(6)19;12-9-6-13-11(14-7-9)16-15-5-8-3-1-2-4-10(8)17;1-7-10(18)13-11(16-14-7)15-12-6-8-4-2-3-5-9(8)17;11-8-5-13-10(14-6-8)16-15-7-9-3-1-2-4-12-9;1-7-9(17)13-10(16-14-7)15-12-6-8-4-2-3-5-11-8/h1-4,8,19H,5H2,(H,16,18);2-4,19H,1H3,(H2,15,17,18,20);1-7,17H,(H,13,14,16);2-6,17H,1H3,(H2,13,15,16,18);1-7H,(H,13,14,16);2-6H,1H3,(H2,13,15,16,17)/b17-3+;14-4+;15-5+;12-6+;15-7+;12-6+. The van der Waals surface area contributed by atoms with Crippen LogP contribution in [0.4, 0.5) is 29.7 Å². The Morgan fingerprint density at radius 1 is 0.439 bits per heavy atom. The highest BCUT2D eigenvalue weighted by Crippen LogP contribution is 2.31. The van der Waals surface area contributed by atoms with Gasteiger partial charge in [0.2, 0.25) is 35.7 Å². The van der Waals surface area contributed by atoms with Crippen LogP contribution in [-0.4, -0.2) is 157 Å². The molecule has 7 aromatic heterocycles. The molecular formula is C64H56Br5Cl2N29O7. The van der Waals surface area contributed by atoms with Crippen molar-refractivity contribution in [3.05, 3.63) is 256 Å². The Balaban J connectivity index is 0.000000179. The molecule has 1 unspecified atom stereocenters. The summed E-state index contributed by atoms with van der Waals surface area (Å²) >= 11 is 28.1. The van der Waals surface area contributed by atoms with Crippen molar-refractivity contribution in [1.29, 1.82) is 0 Å². The second-order valence-corrected chi connectivity index (χ2v) is 25.8. The molecule has 11 aromatic rings. The van der Waals surface area contributed by atoms with E-state index in [1.54, 1.807) is 143 Å². The van der Waals surface area contributed by atoms with E-state index in [4.69, 9.17) is 23.2 Å². The molecule has 36 nitrogen and oxygen atoms in total. The number of anilines is 5. The number of phenolic OH excluding ortho intramolecular Hbond substituents is 4. The van der Waals surface area contributed by atoms with Gasteiger partial charge < -0.3 is 20.4 Å². The highest BCUT2D eigenvalue weighted by atomic mass is 79.9. The number of aromatic hydroxyl groups is 4. The first-order valence-corrected chi connectivity index (χ1v) is 34.9. The van der Waals surface area contributed by atoms with Crippen LogP contribution in [0.5, 0.6) is 23.0 Å². The Kier molecular flexibility index (Phi) is 33.9. The van der Waals surface area contributed by atoms with E-state index in [9.17, 15) is 34.8 Å². The van der Waals surface area contributed by atoms with E-state index in [0.717, 1.165) is 19.1 Å². The van der Waals surface area contributed by atoms with E-state index in [0.29, 0.717) is 62.5 Å². The lowest BCUT2D eigenvalue weighted by atomic mass is 10.2. The number of alkyl halides is 1. The zero-order valence-corrected chi connectivity index (χ0v) is 64.7. The van der Waals surface area contributed by atoms with Gasteiger partial charge in [-0.3, -0.25) is 39.3 Å². The summed E-state index contributed by atoms with van der Waals surface area (Å²) in [5.74, 6) is 1.85. The molecule has 0 spiro atoms. The molecule has 0 saturated carbocycles. The van der Waals surface area contributed by atoms with Gasteiger partial charge in [-0.05, 0) is 125 Å². The summed E-state index contributed by atoms with van der Waals surface area (Å²) in [6.07, 6.45) is 20.4. The molecular weight excluding hydrogens is 1760 g/mol. The minimum atomic E-state index is -0.356. The molecule has 1 aliphatic rings. The molecule has 0 saturated heterocycles. The summed E-state index contributed by atoms with van der Waals surface area (Å²) in [7, 11) is 0. The summed E-state index contributed by atoms with van der Waals surface area (Å²) in [6.45, 7) is 5.28. The van der Waals surface area contributed by atoms with Crippen LogP contribution in [0.1, 0.15) is 50.7 Å². The van der Waals surface area contributed by atoms with Crippen molar-refractivity contribution in [1.82, 2.24) is 80.9 Å². The molecule has 0 aliphatic carbocycles. The maximum absolute atomic E-state index is 11.3. The minimum Gasteiger partial charge on any atom is -0.507 e. The molecule has 4 aromatic carbocycles. The number of H-pyrrole nitrogens is 3. The fourth-order valence-electron chi connectivity index (χ4n) is 6.98. The van der Waals surface area contributed by atoms with Crippen molar-refractivity contribution < 1.29 is 20.4 Å². The Bertz CT molecular complexity index is 5170. The Morgan fingerprint density at radius 3 is 1.16 bits per heavy atom. The van der Waals surface area contributed by atoms with E-state index < -0.39 is 0 Å². The molecule has 0 amide bonds. The SMILES string of the molecule is Brc1cnc(N/N=C/c2ccccn2)nc1.Cc1nnc(N/N=C/c2cc(Br)cc(Cl)c2O)[nH]c1=O.Cc1nnc(N/N=C/c2ccccc2O)[nH]c1=O.Cc1nnc(N/N=C/c2ccccn2)[nH]c1=O.Oc1c(Cl)cc(Br)cc1/C=N/NC1=NCC(Br)C=N1.Oc1ccccc1/C=N/Nc1ncc(Br)cn1. The lowest BCUT2D eigenvalue weighted by Crippen LogP contribution is -2.22. The summed E-state index contributed by atoms with van der Waals surface area (Å²) in [4.78, 5) is 73.6. The zero-order chi connectivity index (χ0) is 76.9. The molecule has 548 valence electrons. The van der Waals surface area contributed by atoms with E-state index in [1.165, 1.54) is 31.1 Å². The van der Waals surface area contributed by atoms with E-state index in [-0.39, 0.29) is 83.8 Å². The van der Waals surface area contributed by atoms with Gasteiger partial charge in [0.15, 0.2) is 0 Å². The van der Waals surface area contributed by atoms with Gasteiger partial charge >= 0.3 is 0 Å². The Labute approximate surface area is 657 Å². The van der Waals surface area contributed by atoms with E-state index in [1.807, 2.05) is 36.4 Å². The number of hydrogen-bond donors (Lipinski definition) is 13. The van der Waals surface area contributed by atoms with Crippen LogP contribution in [0, 0.1) is 20.8 Å². The summed E-state index contributed by atoms with van der Waals surface area (Å²) < 4.78 is 3.08.